The fourth-order valence-corrected chi connectivity index (χ4v) is 1.16. The van der Waals surface area contributed by atoms with Crippen LogP contribution in [0.25, 0.3) is 0 Å². The molecule has 14 heavy (non-hydrogen) atoms. The first-order valence-corrected chi connectivity index (χ1v) is 4.38. The molecule has 1 rings (SSSR count). The second kappa shape index (κ2) is 5.51. The molecular formula is C9H15N3O2. The summed E-state index contributed by atoms with van der Waals surface area (Å²) < 4.78 is 4.83. The number of methoxy groups -OCH3 is 1. The molecule has 0 saturated carbocycles. The first-order chi connectivity index (χ1) is 6.74. The maximum absolute atomic E-state index is 9.47. The lowest BCUT2D eigenvalue weighted by Crippen LogP contribution is -2.32. The molecule has 0 radical (unpaired) electrons. The Labute approximate surface area is 83.4 Å². The highest BCUT2D eigenvalue weighted by atomic mass is 16.5. The number of aliphatic hydroxyl groups excluding tert-OH is 1. The number of nitrogens with zero attached hydrogens (tertiary/aromatic N) is 3. The number of hydrogen-bond acceptors (Lipinski definition) is 5. The van der Waals surface area contributed by atoms with E-state index in [-0.39, 0.29) is 0 Å². The number of anilines is 1. The number of rotatable bonds is 5. The van der Waals surface area contributed by atoms with Crippen molar-refractivity contribution in [1.29, 1.82) is 0 Å². The monoisotopic (exact) mass is 197 g/mol. The predicted octanol–water partition coefficient (Wildman–Crippen LogP) is -0.0799. The molecule has 1 atom stereocenters. The minimum absolute atomic E-state index is 0.329. The van der Waals surface area contributed by atoms with E-state index in [4.69, 9.17) is 4.74 Å². The molecule has 0 aromatic carbocycles. The van der Waals surface area contributed by atoms with Gasteiger partial charge in [0.2, 0.25) is 0 Å². The van der Waals surface area contributed by atoms with Gasteiger partial charge in [0.25, 0.3) is 0 Å². The molecule has 0 spiro atoms. The second-order valence-corrected chi connectivity index (χ2v) is 3.06. The molecule has 0 aliphatic rings. The van der Waals surface area contributed by atoms with Crippen LogP contribution in [-0.2, 0) is 4.74 Å². The van der Waals surface area contributed by atoms with Crippen molar-refractivity contribution in [1.82, 2.24) is 9.97 Å². The Morgan fingerprint density at radius 3 is 3.00 bits per heavy atom. The number of aromatic nitrogens is 2. The summed E-state index contributed by atoms with van der Waals surface area (Å²) in [5.74, 6) is 0.787. The third-order valence-corrected chi connectivity index (χ3v) is 1.80. The zero-order chi connectivity index (χ0) is 10.4. The molecule has 1 unspecified atom stereocenters. The van der Waals surface area contributed by atoms with E-state index in [1.807, 2.05) is 11.9 Å². The minimum Gasteiger partial charge on any atom is -0.389 e. The van der Waals surface area contributed by atoms with Gasteiger partial charge in [-0.3, -0.25) is 0 Å². The Balaban J connectivity index is 2.46. The van der Waals surface area contributed by atoms with Crippen molar-refractivity contribution in [3.05, 3.63) is 18.6 Å². The van der Waals surface area contributed by atoms with Crippen LogP contribution in [0.15, 0.2) is 18.6 Å². The molecule has 0 saturated heterocycles. The average Bonchev–Trinajstić information content (AvgIpc) is 2.19. The van der Waals surface area contributed by atoms with Gasteiger partial charge in [-0.1, -0.05) is 0 Å². The van der Waals surface area contributed by atoms with Crippen molar-refractivity contribution < 1.29 is 9.84 Å². The molecule has 5 heteroatoms. The van der Waals surface area contributed by atoms with Crippen molar-refractivity contribution in [3.63, 3.8) is 0 Å². The molecule has 0 bridgehead atoms. The molecular weight excluding hydrogens is 182 g/mol. The van der Waals surface area contributed by atoms with Gasteiger partial charge in [-0.2, -0.15) is 0 Å². The molecule has 1 aromatic heterocycles. The van der Waals surface area contributed by atoms with E-state index < -0.39 is 6.10 Å². The van der Waals surface area contributed by atoms with Gasteiger partial charge in [-0.25, -0.2) is 9.97 Å². The van der Waals surface area contributed by atoms with Crippen LogP contribution in [0.3, 0.4) is 0 Å². The largest absolute Gasteiger partial charge is 0.389 e. The summed E-state index contributed by atoms with van der Waals surface area (Å²) in [7, 11) is 3.43. The van der Waals surface area contributed by atoms with Gasteiger partial charge in [0, 0.05) is 26.9 Å². The van der Waals surface area contributed by atoms with Crippen molar-refractivity contribution in [3.8, 4) is 0 Å². The van der Waals surface area contributed by atoms with Crippen LogP contribution in [0.5, 0.6) is 0 Å². The Bertz CT molecular complexity index is 255. The Hall–Kier alpha value is -1.20. The summed E-state index contributed by atoms with van der Waals surface area (Å²) in [5, 5.41) is 9.47. The fraction of sp³-hybridized carbons (Fsp3) is 0.556. The predicted molar refractivity (Wildman–Crippen MR) is 53.2 cm³/mol. The summed E-state index contributed by atoms with van der Waals surface area (Å²) in [6.45, 7) is 0.820. The highest BCUT2D eigenvalue weighted by Crippen LogP contribution is 2.05. The van der Waals surface area contributed by atoms with Crippen LogP contribution in [0.2, 0.25) is 0 Å². The van der Waals surface area contributed by atoms with E-state index >= 15 is 0 Å². The normalized spacial score (nSPS) is 12.5. The molecule has 1 N–H and O–H groups in total. The number of ether oxygens (including phenoxy) is 1. The minimum atomic E-state index is -0.500. The molecule has 0 aliphatic carbocycles. The SMILES string of the molecule is COCC(O)CN(C)c1ccncn1. The zero-order valence-electron chi connectivity index (χ0n) is 8.42. The maximum Gasteiger partial charge on any atom is 0.131 e. The summed E-state index contributed by atoms with van der Waals surface area (Å²) in [4.78, 5) is 9.73. The maximum atomic E-state index is 9.47. The number of likely N-dealkylation sites (N-methyl/N-ethyl adjacent to an activating group) is 1. The Morgan fingerprint density at radius 1 is 1.64 bits per heavy atom. The number of aliphatic hydroxyl groups is 1. The van der Waals surface area contributed by atoms with Crippen molar-refractivity contribution in [2.75, 3.05) is 32.2 Å². The quantitative estimate of drug-likeness (QED) is 0.715. The fourth-order valence-electron chi connectivity index (χ4n) is 1.16. The van der Waals surface area contributed by atoms with Crippen LogP contribution in [0.4, 0.5) is 5.82 Å². The number of hydrogen-bond donors (Lipinski definition) is 1. The Morgan fingerprint density at radius 2 is 2.43 bits per heavy atom. The molecule has 78 valence electrons. The topological polar surface area (TPSA) is 58.5 Å². The van der Waals surface area contributed by atoms with E-state index in [0.29, 0.717) is 13.2 Å². The van der Waals surface area contributed by atoms with Crippen LogP contribution >= 0.6 is 0 Å². The van der Waals surface area contributed by atoms with Crippen LogP contribution in [-0.4, -0.2) is 48.5 Å². The highest BCUT2D eigenvalue weighted by Gasteiger charge is 2.08. The van der Waals surface area contributed by atoms with Crippen LogP contribution < -0.4 is 4.90 Å². The molecule has 5 nitrogen and oxygen atoms in total. The van der Waals surface area contributed by atoms with Gasteiger partial charge >= 0.3 is 0 Å². The third-order valence-electron chi connectivity index (χ3n) is 1.80. The van der Waals surface area contributed by atoms with E-state index in [1.54, 1.807) is 19.4 Å². The van der Waals surface area contributed by atoms with Crippen LogP contribution in [0, 0.1) is 0 Å². The molecule has 0 amide bonds. The summed E-state index contributed by atoms with van der Waals surface area (Å²) >= 11 is 0. The molecule has 1 aromatic rings. The lowest BCUT2D eigenvalue weighted by Gasteiger charge is -2.20. The van der Waals surface area contributed by atoms with Crippen molar-refractivity contribution in [2.24, 2.45) is 0 Å². The van der Waals surface area contributed by atoms with Gasteiger partial charge in [-0.05, 0) is 6.07 Å². The van der Waals surface area contributed by atoms with Crippen molar-refractivity contribution >= 4 is 5.82 Å². The zero-order valence-corrected chi connectivity index (χ0v) is 8.42. The first-order valence-electron chi connectivity index (χ1n) is 4.38. The first kappa shape index (κ1) is 10.9. The van der Waals surface area contributed by atoms with Gasteiger partial charge in [0.1, 0.15) is 12.1 Å². The van der Waals surface area contributed by atoms with E-state index in [2.05, 4.69) is 9.97 Å². The van der Waals surface area contributed by atoms with E-state index in [0.717, 1.165) is 5.82 Å². The van der Waals surface area contributed by atoms with Gasteiger partial charge in [0.15, 0.2) is 0 Å². The van der Waals surface area contributed by atoms with Crippen LogP contribution in [0.1, 0.15) is 0 Å². The highest BCUT2D eigenvalue weighted by molar-refractivity contribution is 5.35. The van der Waals surface area contributed by atoms with E-state index in [1.165, 1.54) is 6.33 Å². The lowest BCUT2D eigenvalue weighted by molar-refractivity contribution is 0.0694. The average molecular weight is 197 g/mol. The lowest BCUT2D eigenvalue weighted by atomic mass is 10.3. The molecule has 0 fully saturated rings. The standard InChI is InChI=1S/C9H15N3O2/c1-12(5-8(13)6-14-2)9-3-4-10-7-11-9/h3-4,7-8,13H,5-6H2,1-2H3. The summed E-state index contributed by atoms with van der Waals surface area (Å²) in [5.41, 5.74) is 0. The smallest absolute Gasteiger partial charge is 0.131 e. The van der Waals surface area contributed by atoms with Gasteiger partial charge in [-0.15, -0.1) is 0 Å². The Kier molecular flexibility index (Phi) is 4.28. The van der Waals surface area contributed by atoms with E-state index in [9.17, 15) is 5.11 Å². The molecule has 0 aliphatic heterocycles. The second-order valence-electron chi connectivity index (χ2n) is 3.06. The third kappa shape index (κ3) is 3.27. The van der Waals surface area contributed by atoms with Crippen molar-refractivity contribution in [2.45, 2.75) is 6.10 Å². The molecule has 1 heterocycles. The summed E-state index contributed by atoms with van der Waals surface area (Å²) in [6.07, 6.45) is 2.65. The summed E-state index contributed by atoms with van der Waals surface area (Å²) in [6, 6.07) is 1.79. The van der Waals surface area contributed by atoms with Gasteiger partial charge in [0.05, 0.1) is 12.7 Å². The van der Waals surface area contributed by atoms with Gasteiger partial charge < -0.3 is 14.7 Å².